The molecule has 0 bridgehead atoms. The molecule has 9 heteroatoms. The van der Waals surface area contributed by atoms with Gasteiger partial charge in [0.25, 0.3) is 0 Å². The van der Waals surface area contributed by atoms with E-state index < -0.39 is 0 Å². The van der Waals surface area contributed by atoms with E-state index in [1.165, 1.54) is 0 Å². The van der Waals surface area contributed by atoms with Gasteiger partial charge in [0.1, 0.15) is 11.5 Å². The molecule has 41 heavy (non-hydrogen) atoms. The first-order valence-electron chi connectivity index (χ1n) is 12.1. The van der Waals surface area contributed by atoms with Gasteiger partial charge in [-0.3, -0.25) is 0 Å². The minimum atomic E-state index is 0.574. The van der Waals surface area contributed by atoms with Gasteiger partial charge in [0, 0.05) is 28.1 Å². The lowest BCUT2D eigenvalue weighted by atomic mass is 10.2. The molecule has 204 valence electrons. The number of H-pyrrole nitrogens is 1. The molecule has 0 unspecified atom stereocenters. The molecule has 0 spiro atoms. The molecule has 0 amide bonds. The second-order valence-electron chi connectivity index (χ2n) is 8.50. The molecule has 0 aliphatic carbocycles. The summed E-state index contributed by atoms with van der Waals surface area (Å²) in [5, 5.41) is 3.32. The van der Waals surface area contributed by atoms with Crippen LogP contribution in [-0.2, 0) is 0 Å². The number of methoxy groups -OCH3 is 2. The minimum absolute atomic E-state index is 0.574. The molecule has 0 radical (unpaired) electrons. The van der Waals surface area contributed by atoms with Crippen LogP contribution in [0.5, 0.6) is 11.5 Å². The largest absolute Gasteiger partial charge is 0.495 e. The van der Waals surface area contributed by atoms with Crippen LogP contribution in [0.3, 0.4) is 0 Å². The maximum Gasteiger partial charge on any atom is 0.187 e. The first-order chi connectivity index (χ1) is 19.9. The van der Waals surface area contributed by atoms with Crippen molar-refractivity contribution in [2.75, 3.05) is 14.2 Å². The van der Waals surface area contributed by atoms with E-state index >= 15 is 0 Å². The summed E-state index contributed by atoms with van der Waals surface area (Å²) >= 11 is 15.2. The summed E-state index contributed by atoms with van der Waals surface area (Å²) in [7, 11) is 3.19. The zero-order chi connectivity index (χ0) is 29.4. The van der Waals surface area contributed by atoms with Crippen LogP contribution in [0.2, 0.25) is 10.0 Å². The summed E-state index contributed by atoms with van der Waals surface area (Å²) in [5.74, 6) is 1.35. The van der Waals surface area contributed by atoms with Crippen LogP contribution in [0.1, 0.15) is 0 Å². The summed E-state index contributed by atoms with van der Waals surface area (Å²) in [4.78, 5) is 9.85. The fourth-order valence-corrected chi connectivity index (χ4v) is 4.98. The molecule has 4 aromatic carbocycles. The number of rotatable bonds is 3. The van der Waals surface area contributed by atoms with Crippen LogP contribution in [0.15, 0.2) is 102 Å². The summed E-state index contributed by atoms with van der Waals surface area (Å²) < 4.78 is 13.1. The number of benzene rings is 4. The third-order valence-electron chi connectivity index (χ3n) is 6.00. The average Bonchev–Trinajstić information content (AvgIpc) is 3.64. The zero-order valence-electron chi connectivity index (χ0n) is 22.0. The van der Waals surface area contributed by atoms with E-state index in [-0.39, 0.29) is 0 Å². The lowest BCUT2D eigenvalue weighted by molar-refractivity contribution is 0.415. The van der Waals surface area contributed by atoms with Crippen molar-refractivity contribution < 1.29 is 9.47 Å². The Morgan fingerprint density at radius 2 is 1.37 bits per heavy atom. The van der Waals surface area contributed by atoms with E-state index in [9.17, 15) is 0 Å². The zero-order valence-corrected chi connectivity index (χ0v) is 25.1. The van der Waals surface area contributed by atoms with Crippen LogP contribution in [0, 0.1) is 13.1 Å². The molecule has 6 rings (SSSR count). The molecular formula is C32H23BrCl2N4O2. The third-order valence-corrected chi connectivity index (χ3v) is 7.08. The van der Waals surface area contributed by atoms with Gasteiger partial charge in [0.2, 0.25) is 0 Å². The molecule has 1 N–H and O–H groups in total. The van der Waals surface area contributed by atoms with Crippen LogP contribution in [0.4, 0.5) is 11.4 Å². The fourth-order valence-electron chi connectivity index (χ4n) is 3.98. The average molecular weight is 646 g/mol. The number of aromatic amines is 1. The van der Waals surface area contributed by atoms with E-state index in [2.05, 4.69) is 30.6 Å². The Labute approximate surface area is 256 Å². The van der Waals surface area contributed by atoms with E-state index in [1.807, 2.05) is 95.8 Å². The van der Waals surface area contributed by atoms with Crippen LogP contribution >= 0.6 is 39.1 Å². The van der Waals surface area contributed by atoms with E-state index in [0.29, 0.717) is 32.9 Å². The number of fused-ring (bicyclic) bond motifs is 2. The Morgan fingerprint density at radius 1 is 0.732 bits per heavy atom. The van der Waals surface area contributed by atoms with Crippen molar-refractivity contribution in [2.24, 2.45) is 0 Å². The minimum Gasteiger partial charge on any atom is -0.495 e. The maximum absolute atomic E-state index is 7.05. The first-order valence-corrected chi connectivity index (χ1v) is 13.7. The Kier molecular flexibility index (Phi) is 9.95. The number of hydrogen-bond acceptors (Lipinski definition) is 2. The molecule has 0 aliphatic heterocycles. The predicted octanol–water partition coefficient (Wildman–Crippen LogP) is 10.7. The highest BCUT2D eigenvalue weighted by Crippen LogP contribution is 2.30. The van der Waals surface area contributed by atoms with Gasteiger partial charge in [-0.15, -0.1) is 0 Å². The molecule has 6 nitrogen and oxygen atoms in total. The lowest BCUT2D eigenvalue weighted by Crippen LogP contribution is -1.92. The van der Waals surface area contributed by atoms with Crippen molar-refractivity contribution in [1.29, 1.82) is 0 Å². The Morgan fingerprint density at radius 3 is 2.00 bits per heavy atom. The van der Waals surface area contributed by atoms with Crippen LogP contribution in [0.25, 0.3) is 37.2 Å². The number of ether oxygens (including phenoxy) is 2. The molecular weight excluding hydrogens is 623 g/mol. The number of aromatic nitrogens is 2. The van der Waals surface area contributed by atoms with Gasteiger partial charge < -0.3 is 19.0 Å². The summed E-state index contributed by atoms with van der Waals surface area (Å²) in [6.45, 7) is 13.8. The number of nitrogens with one attached hydrogen (secondary N) is 1. The van der Waals surface area contributed by atoms with Gasteiger partial charge >= 0.3 is 0 Å². The standard InChI is InChI=1S/C16H11ClN2O.C9H6N2.C7H6BrClO/c1-18-12-3-5-15-11(9-12)7-8-19(15)13-4-6-16(20-2)14(17)10-13;1-10-8-2-3-9-7(6-8)4-5-11-9;1-10-7-3-2-5(8)4-6(7)9/h3-10H,2H3;2-6,11H;2-4H,1H3. The van der Waals surface area contributed by atoms with Gasteiger partial charge in [0.15, 0.2) is 11.4 Å². The predicted molar refractivity (Wildman–Crippen MR) is 171 cm³/mol. The smallest absolute Gasteiger partial charge is 0.187 e. The highest BCUT2D eigenvalue weighted by atomic mass is 79.9. The second kappa shape index (κ2) is 13.8. The summed E-state index contributed by atoms with van der Waals surface area (Å²) in [5.41, 5.74) is 4.41. The van der Waals surface area contributed by atoms with Gasteiger partial charge in [0.05, 0.1) is 42.9 Å². The van der Waals surface area contributed by atoms with Crippen molar-refractivity contribution in [1.82, 2.24) is 9.55 Å². The number of nitrogens with zero attached hydrogens (tertiary/aromatic N) is 3. The lowest BCUT2D eigenvalue weighted by Gasteiger charge is -2.08. The summed E-state index contributed by atoms with van der Waals surface area (Å²) in [6.07, 6.45) is 3.84. The third kappa shape index (κ3) is 7.22. The van der Waals surface area contributed by atoms with Gasteiger partial charge in [-0.2, -0.15) is 0 Å². The molecule has 0 atom stereocenters. The monoisotopic (exact) mass is 644 g/mol. The number of halogens is 3. The second-order valence-corrected chi connectivity index (χ2v) is 10.2. The SMILES string of the molecule is COc1ccc(Br)cc1Cl.[C-]#[N+]c1ccc2[nH]ccc2c1.[C-]#[N+]c1ccc2c(ccn2-c2ccc(OC)c(Cl)c2)c1. The molecule has 0 saturated heterocycles. The molecule has 0 fully saturated rings. The number of hydrogen-bond donors (Lipinski definition) is 1. The van der Waals surface area contributed by atoms with Crippen molar-refractivity contribution >= 4 is 72.3 Å². The molecule has 6 aromatic rings. The van der Waals surface area contributed by atoms with Crippen molar-refractivity contribution in [3.63, 3.8) is 0 Å². The summed E-state index contributed by atoms with van der Waals surface area (Å²) in [6, 6.07) is 26.3. The molecule has 0 aliphatic rings. The maximum atomic E-state index is 7.05. The van der Waals surface area contributed by atoms with Gasteiger partial charge in [-0.25, -0.2) is 9.69 Å². The topological polar surface area (TPSA) is 47.9 Å². The van der Waals surface area contributed by atoms with Crippen LogP contribution < -0.4 is 9.47 Å². The Bertz CT molecular complexity index is 1900. The highest BCUT2D eigenvalue weighted by molar-refractivity contribution is 9.10. The highest BCUT2D eigenvalue weighted by Gasteiger charge is 2.07. The molecule has 2 aromatic heterocycles. The molecule has 0 saturated carbocycles. The van der Waals surface area contributed by atoms with Crippen LogP contribution in [-0.4, -0.2) is 23.8 Å². The van der Waals surface area contributed by atoms with E-state index in [0.717, 1.165) is 32.0 Å². The fraction of sp³-hybridized carbons (Fsp3) is 0.0625. The Hall–Kier alpha value is -4.40. The van der Waals surface area contributed by atoms with E-state index in [4.69, 9.17) is 45.8 Å². The van der Waals surface area contributed by atoms with Crippen molar-refractivity contribution in [3.8, 4) is 17.2 Å². The van der Waals surface area contributed by atoms with Gasteiger partial charge in [-0.05, 0) is 83.6 Å². The van der Waals surface area contributed by atoms with Crippen molar-refractivity contribution in [2.45, 2.75) is 0 Å². The van der Waals surface area contributed by atoms with Crippen molar-refractivity contribution in [3.05, 3.63) is 135 Å². The normalized spacial score (nSPS) is 10.0. The Balaban J connectivity index is 0.000000156. The van der Waals surface area contributed by atoms with Gasteiger partial charge in [-0.1, -0.05) is 51.3 Å². The first kappa shape index (κ1) is 29.6. The van der Waals surface area contributed by atoms with E-state index in [1.54, 1.807) is 20.3 Å². The quantitative estimate of drug-likeness (QED) is 0.195. The molecule has 2 heterocycles.